The Balaban J connectivity index is 1.58. The van der Waals surface area contributed by atoms with Crippen molar-refractivity contribution >= 4 is 5.78 Å². The van der Waals surface area contributed by atoms with Crippen LogP contribution in [0.25, 0.3) is 0 Å². The number of carbonyl (C=O) groups is 1. The molecule has 0 amide bonds. The molecule has 0 saturated heterocycles. The van der Waals surface area contributed by atoms with E-state index in [1.165, 1.54) is 44.9 Å². The molecular weight excluding hydrogens is 348 g/mol. The van der Waals surface area contributed by atoms with Crippen LogP contribution in [-0.4, -0.2) is 28.2 Å². The highest BCUT2D eigenvalue weighted by molar-refractivity contribution is 5.83. The second-order valence-electron chi connectivity index (χ2n) is 11.5. The van der Waals surface area contributed by atoms with Crippen LogP contribution in [0, 0.1) is 46.3 Å². The van der Waals surface area contributed by atoms with Crippen molar-refractivity contribution in [2.75, 3.05) is 0 Å². The zero-order chi connectivity index (χ0) is 20.3. The van der Waals surface area contributed by atoms with Gasteiger partial charge in [0.15, 0.2) is 0 Å². The second kappa shape index (κ2) is 7.38. The summed E-state index contributed by atoms with van der Waals surface area (Å²) in [7, 11) is 0. The predicted molar refractivity (Wildman–Crippen MR) is 112 cm³/mol. The maximum absolute atomic E-state index is 13.2. The minimum atomic E-state index is -0.720. The van der Waals surface area contributed by atoms with Crippen molar-refractivity contribution in [1.82, 2.24) is 0 Å². The highest BCUT2D eigenvalue weighted by Crippen LogP contribution is 2.67. The number of fused-ring (bicyclic) bond motifs is 5. The zero-order valence-corrected chi connectivity index (χ0v) is 18.5. The molecule has 3 unspecified atom stereocenters. The van der Waals surface area contributed by atoms with Crippen LogP contribution in [0.15, 0.2) is 0 Å². The summed E-state index contributed by atoms with van der Waals surface area (Å²) in [6.07, 6.45) is 9.51. The predicted octanol–water partition coefficient (Wildman–Crippen LogP) is 4.98. The Kier molecular flexibility index (Phi) is 5.49. The molecule has 2 N–H and O–H groups in total. The average molecular weight is 391 g/mol. The quantitative estimate of drug-likeness (QED) is 0.711. The first-order valence-corrected chi connectivity index (χ1v) is 12.1. The minimum Gasteiger partial charge on any atom is -0.390 e. The SMILES string of the molecule is CCCC[C@@H](C)[C@H]1CCC2C3CC(=O)[C@H]4C[C@H](O)[C@H](O)C[C@]4(C)C3CC[C@@]21C. The highest BCUT2D eigenvalue weighted by atomic mass is 16.3. The van der Waals surface area contributed by atoms with Gasteiger partial charge in [-0.1, -0.05) is 47.0 Å². The standard InChI is InChI=1S/C25H42O3/c1-5-6-7-15(2)17-8-9-18-16-12-21(26)20-13-22(27)23(28)14-25(20,4)19(16)10-11-24(17,18)3/h15-20,22-23,27-28H,5-14H2,1-4H3/t15-,16?,17-,18?,19?,20-,22+,23-,24-,25-/m1/s1. The monoisotopic (exact) mass is 390 g/mol. The van der Waals surface area contributed by atoms with Crippen LogP contribution in [0.4, 0.5) is 0 Å². The molecule has 3 heteroatoms. The van der Waals surface area contributed by atoms with Crippen molar-refractivity contribution in [3.05, 3.63) is 0 Å². The molecule has 4 aliphatic carbocycles. The van der Waals surface area contributed by atoms with Crippen molar-refractivity contribution in [3.8, 4) is 0 Å². The summed E-state index contributed by atoms with van der Waals surface area (Å²) in [6.45, 7) is 9.58. The van der Waals surface area contributed by atoms with Crippen molar-refractivity contribution in [1.29, 1.82) is 0 Å². The summed E-state index contributed by atoms with van der Waals surface area (Å²) >= 11 is 0. The molecule has 0 aromatic heterocycles. The largest absolute Gasteiger partial charge is 0.390 e. The number of unbranched alkanes of at least 4 members (excludes halogenated alkanes) is 1. The van der Waals surface area contributed by atoms with Gasteiger partial charge in [-0.3, -0.25) is 4.79 Å². The van der Waals surface area contributed by atoms with Crippen molar-refractivity contribution < 1.29 is 15.0 Å². The van der Waals surface area contributed by atoms with Crippen molar-refractivity contribution in [3.63, 3.8) is 0 Å². The second-order valence-corrected chi connectivity index (χ2v) is 11.5. The van der Waals surface area contributed by atoms with E-state index in [-0.39, 0.29) is 11.3 Å². The van der Waals surface area contributed by atoms with Crippen molar-refractivity contribution in [2.24, 2.45) is 46.3 Å². The lowest BCUT2D eigenvalue weighted by Crippen LogP contribution is -2.59. The van der Waals surface area contributed by atoms with E-state index in [0.717, 1.165) is 18.3 Å². The summed E-state index contributed by atoms with van der Waals surface area (Å²) in [5, 5.41) is 20.6. The smallest absolute Gasteiger partial charge is 0.136 e. The Bertz CT molecular complexity index is 603. The molecule has 0 aromatic rings. The zero-order valence-electron chi connectivity index (χ0n) is 18.5. The van der Waals surface area contributed by atoms with E-state index in [9.17, 15) is 15.0 Å². The molecule has 0 aliphatic heterocycles. The fourth-order valence-corrected chi connectivity index (χ4v) is 8.77. The number of hydrogen-bond donors (Lipinski definition) is 2. The molecular formula is C25H42O3. The van der Waals surface area contributed by atoms with Gasteiger partial charge in [0.25, 0.3) is 0 Å². The fourth-order valence-electron chi connectivity index (χ4n) is 8.77. The van der Waals surface area contributed by atoms with E-state index in [2.05, 4.69) is 27.7 Å². The molecule has 0 heterocycles. The summed E-state index contributed by atoms with van der Waals surface area (Å²) in [5.74, 6) is 3.65. The van der Waals surface area contributed by atoms with Gasteiger partial charge in [-0.15, -0.1) is 0 Å². The molecule has 4 saturated carbocycles. The molecule has 10 atom stereocenters. The van der Waals surface area contributed by atoms with Gasteiger partial charge in [0.05, 0.1) is 12.2 Å². The van der Waals surface area contributed by atoms with Gasteiger partial charge in [-0.05, 0) is 78.9 Å². The van der Waals surface area contributed by atoms with Gasteiger partial charge in [-0.2, -0.15) is 0 Å². The van der Waals surface area contributed by atoms with E-state index in [1.807, 2.05) is 0 Å². The topological polar surface area (TPSA) is 57.5 Å². The van der Waals surface area contributed by atoms with Crippen LogP contribution in [0.3, 0.4) is 0 Å². The van der Waals surface area contributed by atoms with Crippen LogP contribution in [0.2, 0.25) is 0 Å². The van der Waals surface area contributed by atoms with Gasteiger partial charge in [-0.25, -0.2) is 0 Å². The number of hydrogen-bond acceptors (Lipinski definition) is 3. The summed E-state index contributed by atoms with van der Waals surface area (Å²) in [5.41, 5.74) is 0.274. The number of rotatable bonds is 4. The Morgan fingerprint density at radius 3 is 2.50 bits per heavy atom. The van der Waals surface area contributed by atoms with Crippen molar-refractivity contribution in [2.45, 2.75) is 104 Å². The number of aliphatic hydroxyl groups is 2. The number of carbonyl (C=O) groups excluding carboxylic acids is 1. The summed E-state index contributed by atoms with van der Waals surface area (Å²) < 4.78 is 0. The lowest BCUT2D eigenvalue weighted by atomic mass is 9.44. The maximum atomic E-state index is 13.2. The van der Waals surface area contributed by atoms with Gasteiger partial charge in [0.1, 0.15) is 5.78 Å². The minimum absolute atomic E-state index is 0.0443. The van der Waals surface area contributed by atoms with Gasteiger partial charge in [0, 0.05) is 12.3 Å². The molecule has 4 aliphatic rings. The Labute approximate surface area is 171 Å². The first-order valence-electron chi connectivity index (χ1n) is 12.1. The summed E-state index contributed by atoms with van der Waals surface area (Å²) in [6, 6.07) is 0. The number of ketones is 1. The molecule has 0 bridgehead atoms. The molecule has 4 rings (SSSR count). The average Bonchev–Trinajstić information content (AvgIpc) is 2.99. The molecule has 3 nitrogen and oxygen atoms in total. The Morgan fingerprint density at radius 2 is 1.79 bits per heavy atom. The maximum Gasteiger partial charge on any atom is 0.136 e. The first-order chi connectivity index (χ1) is 13.2. The Morgan fingerprint density at radius 1 is 1.07 bits per heavy atom. The van der Waals surface area contributed by atoms with Crippen LogP contribution < -0.4 is 0 Å². The van der Waals surface area contributed by atoms with Crippen LogP contribution in [0.5, 0.6) is 0 Å². The third kappa shape index (κ3) is 3.02. The lowest BCUT2D eigenvalue weighted by Gasteiger charge is -2.61. The molecule has 0 radical (unpaired) electrons. The van der Waals surface area contributed by atoms with Gasteiger partial charge in [0.2, 0.25) is 0 Å². The van der Waals surface area contributed by atoms with Crippen LogP contribution in [0.1, 0.15) is 91.9 Å². The third-order valence-corrected chi connectivity index (χ3v) is 10.2. The molecule has 28 heavy (non-hydrogen) atoms. The number of aliphatic hydroxyl groups excluding tert-OH is 2. The number of Topliss-reactive ketones (excluding diaryl/α,β-unsaturated/α-hetero) is 1. The summed E-state index contributed by atoms with van der Waals surface area (Å²) in [4.78, 5) is 13.2. The Hall–Kier alpha value is -0.410. The fraction of sp³-hybridized carbons (Fsp3) is 0.960. The van der Waals surface area contributed by atoms with E-state index in [4.69, 9.17) is 0 Å². The van der Waals surface area contributed by atoms with Gasteiger partial charge < -0.3 is 10.2 Å². The lowest BCUT2D eigenvalue weighted by molar-refractivity contribution is -0.173. The molecule has 0 spiro atoms. The molecule has 4 fully saturated rings. The van der Waals surface area contributed by atoms with E-state index < -0.39 is 12.2 Å². The first kappa shape index (κ1) is 20.8. The van der Waals surface area contributed by atoms with E-state index in [1.54, 1.807) is 0 Å². The highest BCUT2D eigenvalue weighted by Gasteiger charge is 2.63. The van der Waals surface area contributed by atoms with Crippen LogP contribution >= 0.6 is 0 Å². The normalized spacial score (nSPS) is 51.9. The third-order valence-electron chi connectivity index (χ3n) is 10.2. The molecule has 160 valence electrons. The van der Waals surface area contributed by atoms with Gasteiger partial charge >= 0.3 is 0 Å². The van der Waals surface area contributed by atoms with Crippen LogP contribution in [-0.2, 0) is 4.79 Å². The van der Waals surface area contributed by atoms with E-state index in [0.29, 0.717) is 41.8 Å². The molecule has 0 aromatic carbocycles. The van der Waals surface area contributed by atoms with E-state index >= 15 is 0 Å².